The SMILES string of the molecule is NC(Cc1ccc(Oc2ccc(O)c(I)c2)c(O)c1)C(=O)O. The maximum atomic E-state index is 10.7. The summed E-state index contributed by atoms with van der Waals surface area (Å²) in [5.74, 6) is -0.367. The Bertz CT molecular complexity index is 704. The normalized spacial score (nSPS) is 11.9. The smallest absolute Gasteiger partial charge is 0.320 e. The number of nitrogens with two attached hydrogens (primary N) is 1. The zero-order valence-corrected chi connectivity index (χ0v) is 13.5. The number of aromatic hydroxyl groups is 2. The Morgan fingerprint density at radius 3 is 2.50 bits per heavy atom. The summed E-state index contributed by atoms with van der Waals surface area (Å²) in [4.78, 5) is 10.7. The van der Waals surface area contributed by atoms with Crippen molar-refractivity contribution in [3.05, 3.63) is 45.5 Å². The van der Waals surface area contributed by atoms with E-state index in [0.29, 0.717) is 14.9 Å². The summed E-state index contributed by atoms with van der Waals surface area (Å²) in [7, 11) is 0. The van der Waals surface area contributed by atoms with Gasteiger partial charge in [0.05, 0.1) is 3.57 Å². The number of benzene rings is 2. The molecule has 0 aliphatic heterocycles. The van der Waals surface area contributed by atoms with Gasteiger partial charge in [0.1, 0.15) is 17.5 Å². The van der Waals surface area contributed by atoms with Crippen LogP contribution in [0.25, 0.3) is 0 Å². The molecule has 0 bridgehead atoms. The lowest BCUT2D eigenvalue weighted by Crippen LogP contribution is -2.32. The minimum absolute atomic E-state index is 0.111. The average Bonchev–Trinajstić information content (AvgIpc) is 2.45. The summed E-state index contributed by atoms with van der Waals surface area (Å²) in [5, 5.41) is 28.2. The van der Waals surface area contributed by atoms with Gasteiger partial charge in [0.2, 0.25) is 0 Å². The van der Waals surface area contributed by atoms with E-state index in [-0.39, 0.29) is 23.7 Å². The number of carboxylic acids is 1. The number of ether oxygens (including phenoxy) is 1. The fraction of sp³-hybridized carbons (Fsp3) is 0.133. The molecule has 2 rings (SSSR count). The number of carbonyl (C=O) groups is 1. The molecule has 1 unspecified atom stereocenters. The third kappa shape index (κ3) is 4.01. The minimum atomic E-state index is -1.10. The van der Waals surface area contributed by atoms with Gasteiger partial charge in [0.25, 0.3) is 0 Å². The second-order valence-corrected chi connectivity index (χ2v) is 5.83. The Morgan fingerprint density at radius 1 is 1.18 bits per heavy atom. The van der Waals surface area contributed by atoms with Crippen molar-refractivity contribution >= 4 is 28.6 Å². The highest BCUT2D eigenvalue weighted by atomic mass is 127. The van der Waals surface area contributed by atoms with Crippen molar-refractivity contribution in [2.45, 2.75) is 12.5 Å². The van der Waals surface area contributed by atoms with Crippen molar-refractivity contribution in [3.63, 3.8) is 0 Å². The summed E-state index contributed by atoms with van der Waals surface area (Å²) in [6, 6.07) is 8.28. The van der Waals surface area contributed by atoms with Gasteiger partial charge in [0, 0.05) is 0 Å². The molecule has 0 aliphatic rings. The van der Waals surface area contributed by atoms with Crippen LogP contribution in [-0.4, -0.2) is 27.3 Å². The maximum absolute atomic E-state index is 10.7. The molecule has 116 valence electrons. The maximum Gasteiger partial charge on any atom is 0.320 e. The first-order valence-corrected chi connectivity index (χ1v) is 7.41. The highest BCUT2D eigenvalue weighted by Crippen LogP contribution is 2.33. The van der Waals surface area contributed by atoms with Crippen molar-refractivity contribution in [3.8, 4) is 23.0 Å². The van der Waals surface area contributed by atoms with Crippen molar-refractivity contribution in [2.75, 3.05) is 0 Å². The quantitative estimate of drug-likeness (QED) is 0.559. The molecule has 0 spiro atoms. The van der Waals surface area contributed by atoms with Crippen LogP contribution in [0.3, 0.4) is 0 Å². The fourth-order valence-corrected chi connectivity index (χ4v) is 2.28. The molecule has 6 nitrogen and oxygen atoms in total. The molecule has 22 heavy (non-hydrogen) atoms. The van der Waals surface area contributed by atoms with Crippen LogP contribution in [0.2, 0.25) is 0 Å². The topological polar surface area (TPSA) is 113 Å². The lowest BCUT2D eigenvalue weighted by molar-refractivity contribution is -0.138. The van der Waals surface area contributed by atoms with Gasteiger partial charge in [-0.3, -0.25) is 4.79 Å². The predicted molar refractivity (Wildman–Crippen MR) is 88.3 cm³/mol. The number of hydrogen-bond donors (Lipinski definition) is 4. The Labute approximate surface area is 140 Å². The largest absolute Gasteiger partial charge is 0.507 e. The number of phenols is 2. The summed E-state index contributed by atoms with van der Waals surface area (Å²) < 4.78 is 6.16. The van der Waals surface area contributed by atoms with Gasteiger partial charge in [-0.05, 0) is 64.9 Å². The van der Waals surface area contributed by atoms with E-state index in [4.69, 9.17) is 15.6 Å². The van der Waals surface area contributed by atoms with Gasteiger partial charge < -0.3 is 25.8 Å². The zero-order valence-electron chi connectivity index (χ0n) is 11.4. The Hall–Kier alpha value is -2.00. The van der Waals surface area contributed by atoms with Gasteiger partial charge >= 0.3 is 5.97 Å². The fourth-order valence-electron chi connectivity index (χ4n) is 1.80. The number of halogens is 1. The molecule has 2 aromatic carbocycles. The molecule has 0 radical (unpaired) electrons. The third-order valence-corrected chi connectivity index (χ3v) is 3.81. The van der Waals surface area contributed by atoms with Crippen molar-refractivity contribution < 1.29 is 24.9 Å². The zero-order chi connectivity index (χ0) is 16.3. The van der Waals surface area contributed by atoms with Crippen LogP contribution in [0, 0.1) is 3.57 Å². The van der Waals surface area contributed by atoms with Crippen LogP contribution < -0.4 is 10.5 Å². The van der Waals surface area contributed by atoms with Crippen molar-refractivity contribution in [1.29, 1.82) is 0 Å². The first-order valence-electron chi connectivity index (χ1n) is 6.33. The lowest BCUT2D eigenvalue weighted by atomic mass is 10.1. The van der Waals surface area contributed by atoms with E-state index in [1.54, 1.807) is 24.3 Å². The number of carboxylic acid groups (broad SMARTS) is 1. The molecule has 1 atom stereocenters. The molecular formula is C15H14INO5. The van der Waals surface area contributed by atoms with Crippen molar-refractivity contribution in [2.24, 2.45) is 5.73 Å². The summed E-state index contributed by atoms with van der Waals surface area (Å²) in [5.41, 5.74) is 6.05. The first kappa shape index (κ1) is 16.4. The molecule has 7 heteroatoms. The predicted octanol–water partition coefficient (Wildman–Crippen LogP) is 2.45. The van der Waals surface area contributed by atoms with E-state index >= 15 is 0 Å². The van der Waals surface area contributed by atoms with E-state index in [9.17, 15) is 15.0 Å². The monoisotopic (exact) mass is 415 g/mol. The Morgan fingerprint density at radius 2 is 1.91 bits per heavy atom. The molecule has 0 saturated carbocycles. The first-order chi connectivity index (χ1) is 10.4. The standard InChI is InChI=1S/C15H14INO5/c16-10-7-9(2-3-12(10)18)22-14-4-1-8(6-13(14)19)5-11(17)15(20)21/h1-4,6-7,11,18-19H,5,17H2,(H,20,21). The van der Waals surface area contributed by atoms with Gasteiger partial charge in [-0.1, -0.05) is 6.07 Å². The minimum Gasteiger partial charge on any atom is -0.507 e. The Kier molecular flexibility index (Phi) is 5.09. The molecule has 0 aliphatic carbocycles. The van der Waals surface area contributed by atoms with Crippen LogP contribution in [0.1, 0.15) is 5.56 Å². The van der Waals surface area contributed by atoms with E-state index in [0.717, 1.165) is 0 Å². The van der Waals surface area contributed by atoms with Crippen molar-refractivity contribution in [1.82, 2.24) is 0 Å². The number of rotatable bonds is 5. The van der Waals surface area contributed by atoms with Gasteiger partial charge in [0.15, 0.2) is 11.5 Å². The van der Waals surface area contributed by atoms with Gasteiger partial charge in [-0.15, -0.1) is 0 Å². The lowest BCUT2D eigenvalue weighted by Gasteiger charge is -2.11. The molecule has 0 amide bonds. The molecular weight excluding hydrogens is 401 g/mol. The second-order valence-electron chi connectivity index (χ2n) is 4.67. The van der Waals surface area contributed by atoms with E-state index in [1.165, 1.54) is 12.1 Å². The number of aliphatic carboxylic acids is 1. The van der Waals surface area contributed by atoms with E-state index < -0.39 is 12.0 Å². The molecule has 0 heterocycles. The molecule has 2 aromatic rings. The van der Waals surface area contributed by atoms with Gasteiger partial charge in [-0.25, -0.2) is 0 Å². The summed E-state index contributed by atoms with van der Waals surface area (Å²) in [6.07, 6.45) is 0.111. The Balaban J connectivity index is 2.15. The molecule has 0 aromatic heterocycles. The molecule has 5 N–H and O–H groups in total. The average molecular weight is 415 g/mol. The number of phenolic OH excluding ortho intramolecular Hbond substituents is 2. The van der Waals surface area contributed by atoms with Gasteiger partial charge in [-0.2, -0.15) is 0 Å². The molecule has 0 fully saturated rings. The van der Waals surface area contributed by atoms with Crippen LogP contribution in [0.4, 0.5) is 0 Å². The summed E-state index contributed by atoms with van der Waals surface area (Å²) in [6.45, 7) is 0. The number of hydrogen-bond acceptors (Lipinski definition) is 5. The van der Waals surface area contributed by atoms with Crippen LogP contribution in [0.5, 0.6) is 23.0 Å². The summed E-state index contributed by atoms with van der Waals surface area (Å²) >= 11 is 1.96. The van der Waals surface area contributed by atoms with Crippen LogP contribution >= 0.6 is 22.6 Å². The highest BCUT2D eigenvalue weighted by molar-refractivity contribution is 14.1. The third-order valence-electron chi connectivity index (χ3n) is 2.94. The molecule has 0 saturated heterocycles. The van der Waals surface area contributed by atoms with Crippen LogP contribution in [-0.2, 0) is 11.2 Å². The van der Waals surface area contributed by atoms with Crippen LogP contribution in [0.15, 0.2) is 36.4 Å². The van der Waals surface area contributed by atoms with E-state index in [1.807, 2.05) is 22.6 Å². The van der Waals surface area contributed by atoms with E-state index in [2.05, 4.69) is 0 Å². The second kappa shape index (κ2) is 6.84. The highest BCUT2D eigenvalue weighted by Gasteiger charge is 2.14.